The number of rotatable bonds is 5. The van der Waals surface area contributed by atoms with Gasteiger partial charge in [-0.05, 0) is 17.7 Å². The van der Waals surface area contributed by atoms with Gasteiger partial charge in [0.05, 0.1) is 13.2 Å². The van der Waals surface area contributed by atoms with Crippen LogP contribution in [0.4, 0.5) is 0 Å². The van der Waals surface area contributed by atoms with E-state index in [4.69, 9.17) is 19.7 Å². The highest BCUT2D eigenvalue weighted by molar-refractivity contribution is 5.50. The van der Waals surface area contributed by atoms with E-state index in [9.17, 15) is 15.3 Å². The van der Waals surface area contributed by atoms with Gasteiger partial charge in [-0.1, -0.05) is 24.3 Å². The van der Waals surface area contributed by atoms with Crippen LogP contribution in [0.5, 0.6) is 5.75 Å². The molecule has 1 fully saturated rings. The second-order valence-corrected chi connectivity index (χ2v) is 4.97. The number of benzene rings is 1. The molecule has 7 heteroatoms. The molecule has 22 heavy (non-hydrogen) atoms. The number of ether oxygens (including phenoxy) is 2. The van der Waals surface area contributed by atoms with Crippen molar-refractivity contribution in [2.24, 2.45) is 0 Å². The highest BCUT2D eigenvalue weighted by Gasteiger charge is 2.44. The molecule has 1 aromatic carbocycles. The number of hydrogen-bond donors (Lipinski definition) is 5. The van der Waals surface area contributed by atoms with Gasteiger partial charge in [0.2, 0.25) is 6.29 Å². The van der Waals surface area contributed by atoms with Crippen molar-refractivity contribution in [3.8, 4) is 5.75 Å². The first kappa shape index (κ1) is 16.9. The third-order valence-electron chi connectivity index (χ3n) is 3.40. The predicted octanol–water partition coefficient (Wildman–Crippen LogP) is -1.13. The Morgan fingerprint density at radius 1 is 1.00 bits per heavy atom. The molecule has 5 atom stereocenters. The van der Waals surface area contributed by atoms with Crippen LogP contribution in [0, 0.1) is 0 Å². The van der Waals surface area contributed by atoms with Gasteiger partial charge in [0.25, 0.3) is 0 Å². The smallest absolute Gasteiger partial charge is 0.229 e. The third-order valence-corrected chi connectivity index (χ3v) is 3.40. The molecule has 0 aromatic heterocycles. The number of aliphatic hydroxyl groups is 5. The Kier molecular flexibility index (Phi) is 5.90. The van der Waals surface area contributed by atoms with Gasteiger partial charge in [-0.2, -0.15) is 0 Å². The van der Waals surface area contributed by atoms with Crippen LogP contribution in [0.1, 0.15) is 5.56 Å². The van der Waals surface area contributed by atoms with Crippen LogP contribution >= 0.6 is 0 Å². The van der Waals surface area contributed by atoms with Crippen LogP contribution in [0.3, 0.4) is 0 Å². The van der Waals surface area contributed by atoms with Crippen molar-refractivity contribution >= 4 is 6.08 Å². The van der Waals surface area contributed by atoms with Crippen molar-refractivity contribution in [1.82, 2.24) is 0 Å². The van der Waals surface area contributed by atoms with Gasteiger partial charge in [-0.3, -0.25) is 0 Å². The van der Waals surface area contributed by atoms with E-state index in [0.717, 1.165) is 5.56 Å². The normalized spacial score (nSPS) is 32.3. The number of aliphatic hydroxyl groups excluding tert-OH is 5. The van der Waals surface area contributed by atoms with Crippen molar-refractivity contribution in [3.63, 3.8) is 0 Å². The van der Waals surface area contributed by atoms with Crippen LogP contribution in [0.25, 0.3) is 6.08 Å². The highest BCUT2D eigenvalue weighted by atomic mass is 16.7. The first-order chi connectivity index (χ1) is 10.6. The van der Waals surface area contributed by atoms with Crippen LogP contribution < -0.4 is 4.74 Å². The van der Waals surface area contributed by atoms with Crippen molar-refractivity contribution in [2.45, 2.75) is 30.7 Å². The molecular weight excluding hydrogens is 292 g/mol. The molecule has 1 saturated heterocycles. The Morgan fingerprint density at radius 2 is 1.68 bits per heavy atom. The lowest BCUT2D eigenvalue weighted by atomic mass is 9.99. The Morgan fingerprint density at radius 3 is 2.27 bits per heavy atom. The van der Waals surface area contributed by atoms with E-state index in [1.807, 2.05) is 0 Å². The highest BCUT2D eigenvalue weighted by Crippen LogP contribution is 2.24. The first-order valence-corrected chi connectivity index (χ1v) is 6.91. The molecule has 122 valence electrons. The Labute approximate surface area is 127 Å². The lowest BCUT2D eigenvalue weighted by Gasteiger charge is -2.39. The first-order valence-electron chi connectivity index (χ1n) is 6.91. The van der Waals surface area contributed by atoms with Gasteiger partial charge in [0, 0.05) is 0 Å². The predicted molar refractivity (Wildman–Crippen MR) is 77.0 cm³/mol. The summed E-state index contributed by atoms with van der Waals surface area (Å²) in [6.07, 6.45) is -3.20. The average molecular weight is 312 g/mol. The Balaban J connectivity index is 2.04. The lowest BCUT2D eigenvalue weighted by molar-refractivity contribution is -0.277. The maximum absolute atomic E-state index is 9.87. The number of hydrogen-bond acceptors (Lipinski definition) is 7. The molecule has 0 spiro atoms. The second-order valence-electron chi connectivity index (χ2n) is 4.97. The van der Waals surface area contributed by atoms with Crippen LogP contribution in [0.2, 0.25) is 0 Å². The van der Waals surface area contributed by atoms with Crippen LogP contribution in [-0.4, -0.2) is 69.5 Å². The van der Waals surface area contributed by atoms with E-state index in [1.165, 1.54) is 0 Å². The molecule has 0 saturated carbocycles. The van der Waals surface area contributed by atoms with Gasteiger partial charge in [-0.15, -0.1) is 0 Å². The molecule has 0 radical (unpaired) electrons. The molecule has 1 heterocycles. The SMILES string of the molecule is OC/C=C\c1ccc(O[C@@H]2O[C@H](CO)[C@H](O)[C@H](O)[C@H]2O)cc1. The molecule has 0 amide bonds. The molecule has 7 nitrogen and oxygen atoms in total. The molecule has 0 bridgehead atoms. The standard InChI is InChI=1S/C15H20O7/c16-7-1-2-9-3-5-10(6-4-9)21-15-14(20)13(19)12(18)11(8-17)22-15/h1-6,11-20H,7-8H2/b2-1-/t11-,12+,13+,14-,15-/m1/s1. The minimum atomic E-state index is -1.47. The van der Waals surface area contributed by atoms with Crippen molar-refractivity contribution in [1.29, 1.82) is 0 Å². The quantitative estimate of drug-likeness (QED) is 0.467. The molecule has 1 aromatic rings. The van der Waals surface area contributed by atoms with Gasteiger partial charge in [-0.25, -0.2) is 0 Å². The fourth-order valence-corrected chi connectivity index (χ4v) is 2.15. The van der Waals surface area contributed by atoms with E-state index in [1.54, 1.807) is 36.4 Å². The Hall–Kier alpha value is -1.48. The van der Waals surface area contributed by atoms with E-state index in [2.05, 4.69) is 0 Å². The van der Waals surface area contributed by atoms with Gasteiger partial charge in [0.15, 0.2) is 0 Å². The van der Waals surface area contributed by atoms with Crippen LogP contribution in [0.15, 0.2) is 30.3 Å². The van der Waals surface area contributed by atoms with Crippen LogP contribution in [-0.2, 0) is 4.74 Å². The van der Waals surface area contributed by atoms with E-state index >= 15 is 0 Å². The molecule has 0 unspecified atom stereocenters. The van der Waals surface area contributed by atoms with Gasteiger partial charge >= 0.3 is 0 Å². The summed E-state index contributed by atoms with van der Waals surface area (Å²) in [4.78, 5) is 0. The molecule has 5 N–H and O–H groups in total. The zero-order valence-corrected chi connectivity index (χ0v) is 11.8. The fraction of sp³-hybridized carbons (Fsp3) is 0.467. The summed E-state index contributed by atoms with van der Waals surface area (Å²) >= 11 is 0. The lowest BCUT2D eigenvalue weighted by Crippen LogP contribution is -2.60. The summed E-state index contributed by atoms with van der Waals surface area (Å²) in [5.41, 5.74) is 0.857. The minimum Gasteiger partial charge on any atom is -0.462 e. The zero-order chi connectivity index (χ0) is 16.1. The van der Waals surface area contributed by atoms with Crippen molar-refractivity contribution in [3.05, 3.63) is 35.9 Å². The summed E-state index contributed by atoms with van der Waals surface area (Å²) < 4.78 is 10.7. The summed E-state index contributed by atoms with van der Waals surface area (Å²) in [6.45, 7) is -0.557. The summed E-state index contributed by atoms with van der Waals surface area (Å²) in [5.74, 6) is 0.394. The molecule has 2 rings (SSSR count). The van der Waals surface area contributed by atoms with Gasteiger partial charge in [0.1, 0.15) is 30.2 Å². The van der Waals surface area contributed by atoms with Crippen molar-refractivity contribution < 1.29 is 35.0 Å². The molecular formula is C15H20O7. The molecule has 1 aliphatic heterocycles. The monoisotopic (exact) mass is 312 g/mol. The zero-order valence-electron chi connectivity index (χ0n) is 11.8. The van der Waals surface area contributed by atoms with E-state index in [-0.39, 0.29) is 6.61 Å². The third kappa shape index (κ3) is 3.83. The Bertz CT molecular complexity index is 485. The largest absolute Gasteiger partial charge is 0.462 e. The maximum Gasteiger partial charge on any atom is 0.229 e. The van der Waals surface area contributed by atoms with Gasteiger partial charge < -0.3 is 35.0 Å². The van der Waals surface area contributed by atoms with E-state index in [0.29, 0.717) is 5.75 Å². The average Bonchev–Trinajstić information content (AvgIpc) is 2.54. The molecule has 1 aliphatic rings. The van der Waals surface area contributed by atoms with E-state index < -0.39 is 37.3 Å². The summed E-state index contributed by atoms with van der Waals surface area (Å²) in [6, 6.07) is 6.76. The second kappa shape index (κ2) is 7.68. The molecule has 0 aliphatic carbocycles. The minimum absolute atomic E-state index is 0.0525. The topological polar surface area (TPSA) is 120 Å². The van der Waals surface area contributed by atoms with Crippen molar-refractivity contribution in [2.75, 3.05) is 13.2 Å². The summed E-state index contributed by atoms with van der Waals surface area (Å²) in [7, 11) is 0. The summed E-state index contributed by atoms with van der Waals surface area (Å²) in [5, 5.41) is 47.0. The maximum atomic E-state index is 9.87. The fourth-order valence-electron chi connectivity index (χ4n) is 2.15.